The summed E-state index contributed by atoms with van der Waals surface area (Å²) in [5.74, 6) is 1.01. The number of aromatic nitrogens is 2. The maximum atomic E-state index is 4.39. The smallest absolute Gasteiger partial charge is 0.0947 e. The fourth-order valence-corrected chi connectivity index (χ4v) is 1.86. The van der Waals surface area contributed by atoms with Crippen LogP contribution in [0, 0.1) is 5.92 Å². The Morgan fingerprint density at radius 2 is 2.43 bits per heavy atom. The molecule has 0 aromatic carbocycles. The topological polar surface area (TPSA) is 29.9 Å². The van der Waals surface area contributed by atoms with Crippen LogP contribution in [0.15, 0.2) is 12.5 Å². The van der Waals surface area contributed by atoms with Crippen LogP contribution >= 0.6 is 0 Å². The summed E-state index contributed by atoms with van der Waals surface area (Å²) in [6.07, 6.45) is 9.43. The lowest BCUT2D eigenvalue weighted by Gasteiger charge is -2.12. The first-order valence-corrected chi connectivity index (χ1v) is 5.44. The molecule has 1 N–H and O–H groups in total. The van der Waals surface area contributed by atoms with Crippen molar-refractivity contribution in [1.82, 2.24) is 14.9 Å². The van der Waals surface area contributed by atoms with Crippen molar-refractivity contribution in [2.75, 3.05) is 7.05 Å². The first-order valence-electron chi connectivity index (χ1n) is 5.44. The van der Waals surface area contributed by atoms with E-state index in [0.29, 0.717) is 6.04 Å². The van der Waals surface area contributed by atoms with Crippen LogP contribution < -0.4 is 5.32 Å². The number of nitrogens with zero attached hydrogens (tertiary/aromatic N) is 2. The van der Waals surface area contributed by atoms with Crippen LogP contribution in [0.5, 0.6) is 0 Å². The van der Waals surface area contributed by atoms with Crippen LogP contribution in [0.25, 0.3) is 0 Å². The second-order valence-corrected chi connectivity index (χ2v) is 4.33. The third kappa shape index (κ3) is 2.35. The van der Waals surface area contributed by atoms with E-state index >= 15 is 0 Å². The van der Waals surface area contributed by atoms with Gasteiger partial charge in [-0.15, -0.1) is 0 Å². The molecule has 78 valence electrons. The Balaban J connectivity index is 1.90. The van der Waals surface area contributed by atoms with E-state index in [1.807, 2.05) is 25.0 Å². The van der Waals surface area contributed by atoms with Crippen molar-refractivity contribution in [3.63, 3.8) is 0 Å². The van der Waals surface area contributed by atoms with Crippen LogP contribution in [0.4, 0.5) is 0 Å². The molecule has 1 aliphatic carbocycles. The molecule has 0 bridgehead atoms. The second kappa shape index (κ2) is 4.13. The molecule has 0 spiro atoms. The van der Waals surface area contributed by atoms with E-state index < -0.39 is 0 Å². The molecule has 0 aliphatic heterocycles. The van der Waals surface area contributed by atoms with Gasteiger partial charge in [0, 0.05) is 13.2 Å². The summed E-state index contributed by atoms with van der Waals surface area (Å²) < 4.78 is 2.01. The molecule has 1 saturated carbocycles. The molecular weight excluding hydrogens is 174 g/mol. The van der Waals surface area contributed by atoms with Crippen molar-refractivity contribution in [2.24, 2.45) is 13.0 Å². The molecule has 14 heavy (non-hydrogen) atoms. The summed E-state index contributed by atoms with van der Waals surface area (Å²) in [6.45, 7) is 0. The molecule has 3 heteroatoms. The number of aryl methyl sites for hydroxylation is 1. The van der Waals surface area contributed by atoms with Gasteiger partial charge in [-0.25, -0.2) is 4.98 Å². The summed E-state index contributed by atoms with van der Waals surface area (Å²) in [5, 5.41) is 3.34. The highest BCUT2D eigenvalue weighted by molar-refractivity contribution is 5.03. The number of hydrogen-bond donors (Lipinski definition) is 1. The van der Waals surface area contributed by atoms with Gasteiger partial charge in [0.05, 0.1) is 18.1 Å². The van der Waals surface area contributed by atoms with Crippen molar-refractivity contribution in [1.29, 1.82) is 0 Å². The molecule has 1 atom stereocenters. The number of nitrogens with one attached hydrogen (secondary N) is 1. The van der Waals surface area contributed by atoms with Crippen LogP contribution in [0.3, 0.4) is 0 Å². The zero-order valence-corrected chi connectivity index (χ0v) is 9.03. The maximum absolute atomic E-state index is 4.39. The first kappa shape index (κ1) is 9.71. The predicted octanol–water partition coefficient (Wildman–Crippen LogP) is 1.87. The van der Waals surface area contributed by atoms with Gasteiger partial charge in [0.25, 0.3) is 0 Å². The SMILES string of the molecule is CNC(CCC1CC1)c1cn(C)cn1. The maximum Gasteiger partial charge on any atom is 0.0947 e. The van der Waals surface area contributed by atoms with E-state index in [9.17, 15) is 0 Å². The highest BCUT2D eigenvalue weighted by atomic mass is 15.0. The van der Waals surface area contributed by atoms with E-state index in [4.69, 9.17) is 0 Å². The lowest BCUT2D eigenvalue weighted by atomic mass is 10.1. The molecule has 1 unspecified atom stereocenters. The summed E-state index contributed by atoms with van der Waals surface area (Å²) >= 11 is 0. The van der Waals surface area contributed by atoms with Gasteiger partial charge in [0.2, 0.25) is 0 Å². The van der Waals surface area contributed by atoms with Crippen molar-refractivity contribution in [3.05, 3.63) is 18.2 Å². The van der Waals surface area contributed by atoms with E-state index in [0.717, 1.165) is 5.92 Å². The van der Waals surface area contributed by atoms with Gasteiger partial charge in [-0.2, -0.15) is 0 Å². The average Bonchev–Trinajstić information content (AvgIpc) is 2.90. The normalized spacial score (nSPS) is 18.4. The van der Waals surface area contributed by atoms with Crippen molar-refractivity contribution in [3.8, 4) is 0 Å². The fraction of sp³-hybridized carbons (Fsp3) is 0.727. The Morgan fingerprint density at radius 1 is 1.64 bits per heavy atom. The molecule has 0 amide bonds. The van der Waals surface area contributed by atoms with Gasteiger partial charge in [-0.3, -0.25) is 0 Å². The highest BCUT2D eigenvalue weighted by Gasteiger charge is 2.23. The Morgan fingerprint density at radius 3 is 2.93 bits per heavy atom. The summed E-state index contributed by atoms with van der Waals surface area (Å²) in [5.41, 5.74) is 1.18. The molecule has 1 aromatic heterocycles. The highest BCUT2D eigenvalue weighted by Crippen LogP contribution is 2.35. The van der Waals surface area contributed by atoms with E-state index in [-0.39, 0.29) is 0 Å². The van der Waals surface area contributed by atoms with Crippen LogP contribution in [-0.2, 0) is 7.05 Å². The van der Waals surface area contributed by atoms with Gasteiger partial charge in [-0.1, -0.05) is 12.8 Å². The molecule has 0 saturated heterocycles. The van der Waals surface area contributed by atoms with Crippen LogP contribution in [-0.4, -0.2) is 16.6 Å². The third-order valence-corrected chi connectivity index (χ3v) is 2.99. The minimum absolute atomic E-state index is 0.441. The van der Waals surface area contributed by atoms with Gasteiger partial charge in [-0.05, 0) is 25.8 Å². The number of rotatable bonds is 5. The zero-order valence-electron chi connectivity index (χ0n) is 9.03. The van der Waals surface area contributed by atoms with Crippen molar-refractivity contribution < 1.29 is 0 Å². The number of imidazole rings is 1. The standard InChI is InChI=1S/C11H19N3/c1-12-10(6-5-9-3-4-9)11-7-14(2)8-13-11/h7-10,12H,3-6H2,1-2H3. The Kier molecular flexibility index (Phi) is 2.87. The molecule has 1 fully saturated rings. The average molecular weight is 193 g/mol. The van der Waals surface area contributed by atoms with Crippen LogP contribution in [0.2, 0.25) is 0 Å². The first-order chi connectivity index (χ1) is 6.79. The Labute approximate surface area is 85.5 Å². The monoisotopic (exact) mass is 193 g/mol. The molecular formula is C11H19N3. The molecule has 1 aromatic rings. The zero-order chi connectivity index (χ0) is 9.97. The van der Waals surface area contributed by atoms with E-state index in [1.54, 1.807) is 0 Å². The van der Waals surface area contributed by atoms with Gasteiger partial charge < -0.3 is 9.88 Å². The summed E-state index contributed by atoms with van der Waals surface area (Å²) in [6, 6.07) is 0.441. The summed E-state index contributed by atoms with van der Waals surface area (Å²) in [4.78, 5) is 4.39. The van der Waals surface area contributed by atoms with Gasteiger partial charge >= 0.3 is 0 Å². The minimum atomic E-state index is 0.441. The van der Waals surface area contributed by atoms with E-state index in [2.05, 4.69) is 16.5 Å². The number of hydrogen-bond acceptors (Lipinski definition) is 2. The molecule has 1 aliphatic rings. The Bertz CT molecular complexity index is 288. The predicted molar refractivity (Wildman–Crippen MR) is 57.0 cm³/mol. The minimum Gasteiger partial charge on any atom is -0.340 e. The van der Waals surface area contributed by atoms with Gasteiger partial charge in [0.15, 0.2) is 0 Å². The molecule has 2 rings (SSSR count). The quantitative estimate of drug-likeness (QED) is 0.773. The Hall–Kier alpha value is -0.830. The molecule has 0 radical (unpaired) electrons. The van der Waals surface area contributed by atoms with Gasteiger partial charge in [0.1, 0.15) is 0 Å². The largest absolute Gasteiger partial charge is 0.340 e. The lowest BCUT2D eigenvalue weighted by Crippen LogP contribution is -2.16. The molecule has 3 nitrogen and oxygen atoms in total. The summed E-state index contributed by atoms with van der Waals surface area (Å²) in [7, 11) is 4.04. The van der Waals surface area contributed by atoms with Crippen molar-refractivity contribution >= 4 is 0 Å². The third-order valence-electron chi connectivity index (χ3n) is 2.99. The second-order valence-electron chi connectivity index (χ2n) is 4.33. The fourth-order valence-electron chi connectivity index (χ4n) is 1.86. The van der Waals surface area contributed by atoms with Crippen LogP contribution in [0.1, 0.15) is 37.4 Å². The van der Waals surface area contributed by atoms with Crippen molar-refractivity contribution in [2.45, 2.75) is 31.7 Å². The van der Waals surface area contributed by atoms with E-state index in [1.165, 1.54) is 31.4 Å². The molecule has 1 heterocycles. The lowest BCUT2D eigenvalue weighted by molar-refractivity contribution is 0.497.